The molecule has 0 bridgehead atoms. The second kappa shape index (κ2) is 5.06. The summed E-state index contributed by atoms with van der Waals surface area (Å²) in [6, 6.07) is 4.90. The van der Waals surface area contributed by atoms with Crippen LogP contribution >= 0.6 is 0 Å². The Hall–Kier alpha value is -1.60. The number of sulfonamides is 1. The molecule has 2 aliphatic rings. The molecule has 0 radical (unpaired) electrons. The first-order valence-electron chi connectivity index (χ1n) is 6.71. The van der Waals surface area contributed by atoms with Crippen molar-refractivity contribution in [2.24, 2.45) is 0 Å². The summed E-state index contributed by atoms with van der Waals surface area (Å²) in [7, 11) is -3.59. The van der Waals surface area contributed by atoms with Crippen molar-refractivity contribution in [3.8, 4) is 0 Å². The summed E-state index contributed by atoms with van der Waals surface area (Å²) in [6.07, 6.45) is 1.87. The van der Waals surface area contributed by atoms with E-state index >= 15 is 0 Å². The van der Waals surface area contributed by atoms with Crippen LogP contribution in [0.4, 0.5) is 5.69 Å². The highest BCUT2D eigenvalue weighted by atomic mass is 32.2. The van der Waals surface area contributed by atoms with Gasteiger partial charge in [0, 0.05) is 31.2 Å². The van der Waals surface area contributed by atoms with Gasteiger partial charge in [-0.1, -0.05) is 6.07 Å². The van der Waals surface area contributed by atoms with Crippen LogP contribution in [0.15, 0.2) is 23.1 Å². The van der Waals surface area contributed by atoms with Gasteiger partial charge in [-0.05, 0) is 30.5 Å². The number of hydrogen-bond acceptors (Lipinski definition) is 4. The third-order valence-electron chi connectivity index (χ3n) is 3.64. The first-order chi connectivity index (χ1) is 9.56. The van der Waals surface area contributed by atoms with Crippen molar-refractivity contribution >= 4 is 21.6 Å². The van der Waals surface area contributed by atoms with Gasteiger partial charge in [0.25, 0.3) is 0 Å². The summed E-state index contributed by atoms with van der Waals surface area (Å²) in [6.45, 7) is 1.22. The minimum absolute atomic E-state index is 0.116. The van der Waals surface area contributed by atoms with Crippen LogP contribution in [0.3, 0.4) is 0 Å². The molecule has 0 spiro atoms. The van der Waals surface area contributed by atoms with Crippen LogP contribution in [0, 0.1) is 0 Å². The lowest BCUT2D eigenvalue weighted by molar-refractivity contribution is -0.119. The topological polar surface area (TPSA) is 87.3 Å². The van der Waals surface area contributed by atoms with E-state index in [2.05, 4.69) is 15.4 Å². The first kappa shape index (κ1) is 13.4. The number of carbonyl (C=O) groups is 1. The molecule has 1 aromatic rings. The molecular weight excluding hydrogens is 278 g/mol. The molecule has 2 aliphatic heterocycles. The number of fused-ring (bicyclic) bond motifs is 1. The largest absolute Gasteiger partial charge is 0.385 e. The number of anilines is 1. The Kier molecular flexibility index (Phi) is 3.39. The van der Waals surface area contributed by atoms with E-state index in [-0.39, 0.29) is 18.4 Å². The molecule has 108 valence electrons. The molecule has 0 saturated carbocycles. The molecule has 20 heavy (non-hydrogen) atoms. The van der Waals surface area contributed by atoms with Gasteiger partial charge >= 0.3 is 0 Å². The van der Waals surface area contributed by atoms with Crippen LogP contribution in [-0.4, -0.2) is 33.5 Å². The van der Waals surface area contributed by atoms with Crippen molar-refractivity contribution in [2.45, 2.75) is 30.2 Å². The predicted octanol–water partition coefficient (Wildman–Crippen LogP) is 0.211. The van der Waals surface area contributed by atoms with E-state index in [0.29, 0.717) is 11.4 Å². The Morgan fingerprint density at radius 1 is 1.25 bits per heavy atom. The molecule has 0 aromatic heterocycles. The average molecular weight is 295 g/mol. The summed E-state index contributed by atoms with van der Waals surface area (Å²) >= 11 is 0. The highest BCUT2D eigenvalue weighted by Gasteiger charge is 2.29. The van der Waals surface area contributed by atoms with Gasteiger partial charge in [0.1, 0.15) is 0 Å². The molecule has 2 heterocycles. The van der Waals surface area contributed by atoms with Gasteiger partial charge in [0.2, 0.25) is 15.9 Å². The van der Waals surface area contributed by atoms with Gasteiger partial charge in [-0.25, -0.2) is 13.1 Å². The molecule has 1 amide bonds. The fraction of sp³-hybridized carbons (Fsp3) is 0.462. The predicted molar refractivity (Wildman–Crippen MR) is 75.0 cm³/mol. The second-order valence-corrected chi connectivity index (χ2v) is 6.82. The van der Waals surface area contributed by atoms with E-state index < -0.39 is 10.0 Å². The van der Waals surface area contributed by atoms with Gasteiger partial charge < -0.3 is 10.6 Å². The third-order valence-corrected chi connectivity index (χ3v) is 5.25. The van der Waals surface area contributed by atoms with Crippen molar-refractivity contribution in [1.82, 2.24) is 10.0 Å². The molecule has 7 heteroatoms. The maximum atomic E-state index is 12.5. The number of hydrogen-bond donors (Lipinski definition) is 3. The number of nitrogens with one attached hydrogen (secondary N) is 3. The average Bonchev–Trinajstić information content (AvgIpc) is 2.82. The van der Waals surface area contributed by atoms with Crippen LogP contribution < -0.4 is 15.4 Å². The first-order valence-corrected chi connectivity index (χ1v) is 8.19. The number of benzene rings is 1. The summed E-state index contributed by atoms with van der Waals surface area (Å²) in [4.78, 5) is 11.5. The number of carbonyl (C=O) groups excluding carboxylic acids is 1. The molecule has 1 atom stereocenters. The van der Waals surface area contributed by atoms with E-state index in [9.17, 15) is 13.2 Å². The van der Waals surface area contributed by atoms with Crippen molar-refractivity contribution in [3.05, 3.63) is 23.8 Å². The van der Waals surface area contributed by atoms with Gasteiger partial charge in [-0.15, -0.1) is 0 Å². The lowest BCUT2D eigenvalue weighted by Gasteiger charge is -2.21. The van der Waals surface area contributed by atoms with Gasteiger partial charge in [0.05, 0.1) is 4.90 Å². The molecule has 1 unspecified atom stereocenters. The van der Waals surface area contributed by atoms with Gasteiger partial charge in [-0.3, -0.25) is 4.79 Å². The van der Waals surface area contributed by atoms with E-state index in [0.717, 1.165) is 30.6 Å². The molecule has 6 nitrogen and oxygen atoms in total. The smallest absolute Gasteiger partial charge is 0.241 e. The quantitative estimate of drug-likeness (QED) is 0.744. The summed E-state index contributed by atoms with van der Waals surface area (Å²) < 4.78 is 27.6. The zero-order valence-electron chi connectivity index (χ0n) is 11.0. The van der Waals surface area contributed by atoms with Crippen molar-refractivity contribution in [1.29, 1.82) is 0 Å². The highest BCUT2D eigenvalue weighted by Crippen LogP contribution is 2.28. The molecule has 3 rings (SSSR count). The maximum absolute atomic E-state index is 12.5. The molecule has 1 fully saturated rings. The van der Waals surface area contributed by atoms with Crippen LogP contribution in [0.5, 0.6) is 0 Å². The lowest BCUT2D eigenvalue weighted by atomic mass is 10.0. The molecule has 1 aromatic carbocycles. The Morgan fingerprint density at radius 2 is 2.10 bits per heavy atom. The highest BCUT2D eigenvalue weighted by molar-refractivity contribution is 7.89. The van der Waals surface area contributed by atoms with E-state index in [1.807, 2.05) is 6.07 Å². The zero-order valence-corrected chi connectivity index (χ0v) is 11.8. The monoisotopic (exact) mass is 295 g/mol. The Morgan fingerprint density at radius 3 is 2.85 bits per heavy atom. The number of amides is 1. The van der Waals surface area contributed by atoms with Gasteiger partial charge in [-0.2, -0.15) is 0 Å². The SMILES string of the molecule is O=C1CC(NS(=O)(=O)c2cccc3c2CCCN3)CN1. The van der Waals surface area contributed by atoms with Gasteiger partial charge in [0.15, 0.2) is 0 Å². The van der Waals surface area contributed by atoms with E-state index in [1.54, 1.807) is 12.1 Å². The van der Waals surface area contributed by atoms with Crippen molar-refractivity contribution in [3.63, 3.8) is 0 Å². The lowest BCUT2D eigenvalue weighted by Crippen LogP contribution is -2.36. The fourth-order valence-corrected chi connectivity index (χ4v) is 4.23. The molecule has 1 saturated heterocycles. The van der Waals surface area contributed by atoms with Crippen molar-refractivity contribution in [2.75, 3.05) is 18.4 Å². The standard InChI is InChI=1S/C13H17N3O3S/c17-13-7-9(8-15-13)16-20(18,19)12-5-1-4-11-10(12)3-2-6-14-11/h1,4-5,9,14,16H,2-3,6-8H2,(H,15,17). The zero-order chi connectivity index (χ0) is 14.2. The second-order valence-electron chi connectivity index (χ2n) is 5.14. The van der Waals surface area contributed by atoms with Crippen LogP contribution in [0.25, 0.3) is 0 Å². The van der Waals surface area contributed by atoms with Crippen LogP contribution in [0.2, 0.25) is 0 Å². The molecule has 0 aliphatic carbocycles. The Labute approximate surface area is 118 Å². The van der Waals surface area contributed by atoms with Crippen molar-refractivity contribution < 1.29 is 13.2 Å². The molecule has 3 N–H and O–H groups in total. The summed E-state index contributed by atoms with van der Waals surface area (Å²) in [5, 5.41) is 5.84. The third kappa shape index (κ3) is 2.51. The van der Waals surface area contributed by atoms with Crippen LogP contribution in [0.1, 0.15) is 18.4 Å². The summed E-state index contributed by atoms with van der Waals surface area (Å²) in [5.74, 6) is -0.116. The maximum Gasteiger partial charge on any atom is 0.241 e. The van der Waals surface area contributed by atoms with Crippen LogP contribution in [-0.2, 0) is 21.2 Å². The van der Waals surface area contributed by atoms with E-state index in [4.69, 9.17) is 0 Å². The number of rotatable bonds is 3. The minimum atomic E-state index is -3.59. The normalized spacial score (nSPS) is 22.0. The minimum Gasteiger partial charge on any atom is -0.385 e. The summed E-state index contributed by atoms with van der Waals surface area (Å²) in [5.41, 5.74) is 1.73. The van der Waals surface area contributed by atoms with E-state index in [1.165, 1.54) is 0 Å². The Balaban J connectivity index is 1.89. The fourth-order valence-electron chi connectivity index (χ4n) is 2.70. The Bertz CT molecular complexity index is 642. The molecular formula is C13H17N3O3S.